The van der Waals surface area contributed by atoms with Crippen molar-refractivity contribution >= 4 is 11.8 Å². The fraction of sp³-hybridized carbons (Fsp3) is 0.462. The van der Waals surface area contributed by atoms with E-state index in [9.17, 15) is 9.59 Å². The minimum Gasteiger partial charge on any atom is -0.494 e. The molecule has 6 heteroatoms. The number of carbonyl (C=O) groups is 2. The minimum atomic E-state index is 0.0205. The first-order valence-corrected chi connectivity index (χ1v) is 11.5. The molecule has 2 aromatic carbocycles. The van der Waals surface area contributed by atoms with Crippen LogP contribution in [0.4, 0.5) is 0 Å². The molecule has 1 saturated heterocycles. The highest BCUT2D eigenvalue weighted by Crippen LogP contribution is 2.15. The van der Waals surface area contributed by atoms with Crippen LogP contribution >= 0.6 is 0 Å². The number of amides is 2. The van der Waals surface area contributed by atoms with E-state index in [0.717, 1.165) is 29.9 Å². The van der Waals surface area contributed by atoms with Crippen molar-refractivity contribution in [3.05, 3.63) is 59.7 Å². The number of nitrogens with zero attached hydrogens (tertiary/aromatic N) is 1. The van der Waals surface area contributed by atoms with Gasteiger partial charge in [-0.15, -0.1) is 0 Å². The Morgan fingerprint density at radius 2 is 1.59 bits per heavy atom. The molecule has 2 amide bonds. The molecule has 0 unspecified atom stereocenters. The number of benzene rings is 2. The SMILES string of the molecule is CCOc1ccc(CC(=O)NC2CCN(C(=O)CCCOc3ccc(C)cc3)CC2)cc1. The molecule has 1 aliphatic heterocycles. The lowest BCUT2D eigenvalue weighted by molar-refractivity contribution is -0.132. The maximum Gasteiger partial charge on any atom is 0.224 e. The molecule has 0 atom stereocenters. The normalized spacial score (nSPS) is 14.1. The molecule has 6 nitrogen and oxygen atoms in total. The lowest BCUT2D eigenvalue weighted by atomic mass is 10.0. The van der Waals surface area contributed by atoms with Gasteiger partial charge in [-0.2, -0.15) is 0 Å². The summed E-state index contributed by atoms with van der Waals surface area (Å²) in [5.74, 6) is 1.84. The third-order valence-electron chi connectivity index (χ3n) is 5.64. The molecule has 32 heavy (non-hydrogen) atoms. The van der Waals surface area contributed by atoms with E-state index in [1.165, 1.54) is 5.56 Å². The first kappa shape index (κ1) is 23.6. The second-order valence-electron chi connectivity index (χ2n) is 8.24. The molecule has 1 N–H and O–H groups in total. The summed E-state index contributed by atoms with van der Waals surface area (Å²) in [6.07, 6.45) is 3.12. The third kappa shape index (κ3) is 7.59. The first-order valence-electron chi connectivity index (χ1n) is 11.5. The number of carbonyl (C=O) groups excluding carboxylic acids is 2. The first-order chi connectivity index (χ1) is 15.5. The zero-order valence-corrected chi connectivity index (χ0v) is 19.1. The summed E-state index contributed by atoms with van der Waals surface area (Å²) >= 11 is 0. The van der Waals surface area contributed by atoms with Gasteiger partial charge in [0, 0.05) is 25.6 Å². The van der Waals surface area contributed by atoms with E-state index in [0.29, 0.717) is 45.6 Å². The number of nitrogens with one attached hydrogen (secondary N) is 1. The lowest BCUT2D eigenvalue weighted by Gasteiger charge is -2.32. The van der Waals surface area contributed by atoms with E-state index in [1.54, 1.807) is 0 Å². The van der Waals surface area contributed by atoms with E-state index in [-0.39, 0.29) is 17.9 Å². The monoisotopic (exact) mass is 438 g/mol. The molecule has 0 aromatic heterocycles. The second kappa shape index (κ2) is 12.1. The Bertz CT molecular complexity index is 856. The summed E-state index contributed by atoms with van der Waals surface area (Å²) in [5.41, 5.74) is 2.16. The van der Waals surface area contributed by atoms with Gasteiger partial charge < -0.3 is 19.7 Å². The lowest BCUT2D eigenvalue weighted by Crippen LogP contribution is -2.46. The Labute approximate surface area is 190 Å². The molecule has 172 valence electrons. The second-order valence-corrected chi connectivity index (χ2v) is 8.24. The smallest absolute Gasteiger partial charge is 0.224 e. The number of piperidine rings is 1. The Morgan fingerprint density at radius 1 is 0.969 bits per heavy atom. The Balaban J connectivity index is 1.31. The number of hydrogen-bond acceptors (Lipinski definition) is 4. The Morgan fingerprint density at radius 3 is 2.25 bits per heavy atom. The summed E-state index contributed by atoms with van der Waals surface area (Å²) in [4.78, 5) is 26.8. The Kier molecular flexibility index (Phi) is 8.96. The standard InChI is InChI=1S/C26H34N2O4/c1-3-31-23-12-8-21(9-13-23)19-25(29)27-22-14-16-28(17-15-22)26(30)5-4-18-32-24-10-6-20(2)7-11-24/h6-13,22H,3-5,14-19H2,1-2H3,(H,27,29). The van der Waals surface area contributed by atoms with Crippen LogP contribution < -0.4 is 14.8 Å². The van der Waals surface area contributed by atoms with Gasteiger partial charge in [0.25, 0.3) is 0 Å². The average molecular weight is 439 g/mol. The fourth-order valence-corrected chi connectivity index (χ4v) is 3.81. The van der Waals surface area contributed by atoms with Crippen LogP contribution in [0, 0.1) is 6.92 Å². The van der Waals surface area contributed by atoms with Crippen molar-refractivity contribution in [2.75, 3.05) is 26.3 Å². The minimum absolute atomic E-state index is 0.0205. The fourth-order valence-electron chi connectivity index (χ4n) is 3.81. The molecule has 0 aliphatic carbocycles. The zero-order valence-electron chi connectivity index (χ0n) is 19.1. The van der Waals surface area contributed by atoms with E-state index >= 15 is 0 Å². The van der Waals surface area contributed by atoms with Crippen molar-refractivity contribution < 1.29 is 19.1 Å². The largest absolute Gasteiger partial charge is 0.494 e. The summed E-state index contributed by atoms with van der Waals surface area (Å²) < 4.78 is 11.1. The number of rotatable bonds is 10. The van der Waals surface area contributed by atoms with Crippen molar-refractivity contribution in [1.82, 2.24) is 10.2 Å². The van der Waals surface area contributed by atoms with Gasteiger partial charge in [-0.1, -0.05) is 29.8 Å². The topological polar surface area (TPSA) is 67.9 Å². The summed E-state index contributed by atoms with van der Waals surface area (Å²) in [6, 6.07) is 15.7. The summed E-state index contributed by atoms with van der Waals surface area (Å²) in [5, 5.41) is 3.11. The van der Waals surface area contributed by atoms with E-state index in [4.69, 9.17) is 9.47 Å². The molecule has 0 radical (unpaired) electrons. The van der Waals surface area contributed by atoms with E-state index < -0.39 is 0 Å². The van der Waals surface area contributed by atoms with E-state index in [1.807, 2.05) is 67.3 Å². The molecular formula is C26H34N2O4. The Hall–Kier alpha value is -3.02. The van der Waals surface area contributed by atoms with Gasteiger partial charge in [-0.3, -0.25) is 9.59 Å². The van der Waals surface area contributed by atoms with Crippen LogP contribution in [0.15, 0.2) is 48.5 Å². The molecule has 0 bridgehead atoms. The molecule has 1 fully saturated rings. The van der Waals surface area contributed by atoms with Crippen molar-refractivity contribution in [3.8, 4) is 11.5 Å². The van der Waals surface area contributed by atoms with Crippen molar-refractivity contribution in [2.45, 2.75) is 52.0 Å². The van der Waals surface area contributed by atoms with Crippen molar-refractivity contribution in [3.63, 3.8) is 0 Å². The van der Waals surface area contributed by atoms with Gasteiger partial charge in [0.15, 0.2) is 0 Å². The number of aryl methyl sites for hydroxylation is 1. The average Bonchev–Trinajstić information content (AvgIpc) is 2.80. The summed E-state index contributed by atoms with van der Waals surface area (Å²) in [6.45, 7) is 6.52. The van der Waals surface area contributed by atoms with E-state index in [2.05, 4.69) is 5.32 Å². The van der Waals surface area contributed by atoms with Crippen molar-refractivity contribution in [1.29, 1.82) is 0 Å². The zero-order chi connectivity index (χ0) is 22.8. The van der Waals surface area contributed by atoms with Crippen LogP contribution in [0.1, 0.15) is 43.7 Å². The highest BCUT2D eigenvalue weighted by Gasteiger charge is 2.23. The number of likely N-dealkylation sites (tertiary alicyclic amines) is 1. The van der Waals surface area contributed by atoms with Gasteiger partial charge in [0.05, 0.1) is 19.6 Å². The number of ether oxygens (including phenoxy) is 2. The molecule has 0 saturated carbocycles. The van der Waals surface area contributed by atoms with Gasteiger partial charge in [0.1, 0.15) is 11.5 Å². The maximum atomic E-state index is 12.5. The molecule has 1 heterocycles. The third-order valence-corrected chi connectivity index (χ3v) is 5.64. The number of hydrogen-bond donors (Lipinski definition) is 1. The van der Waals surface area contributed by atoms with Crippen LogP contribution in [-0.2, 0) is 16.0 Å². The molecule has 1 aliphatic rings. The van der Waals surface area contributed by atoms with Crippen LogP contribution in [0.3, 0.4) is 0 Å². The van der Waals surface area contributed by atoms with Crippen LogP contribution in [0.25, 0.3) is 0 Å². The molecular weight excluding hydrogens is 404 g/mol. The predicted octanol–water partition coefficient (Wildman–Crippen LogP) is 3.90. The summed E-state index contributed by atoms with van der Waals surface area (Å²) in [7, 11) is 0. The van der Waals surface area contributed by atoms with Crippen LogP contribution in [-0.4, -0.2) is 49.1 Å². The molecule has 2 aromatic rings. The van der Waals surface area contributed by atoms with Gasteiger partial charge in [0.2, 0.25) is 11.8 Å². The van der Waals surface area contributed by atoms with Gasteiger partial charge in [-0.25, -0.2) is 0 Å². The van der Waals surface area contributed by atoms with Crippen molar-refractivity contribution in [2.24, 2.45) is 0 Å². The van der Waals surface area contributed by atoms with Crippen LogP contribution in [0.2, 0.25) is 0 Å². The highest BCUT2D eigenvalue weighted by molar-refractivity contribution is 5.79. The van der Waals surface area contributed by atoms with Crippen LogP contribution in [0.5, 0.6) is 11.5 Å². The maximum absolute atomic E-state index is 12.5. The highest BCUT2D eigenvalue weighted by atomic mass is 16.5. The molecule has 3 rings (SSSR count). The van der Waals surface area contributed by atoms with Gasteiger partial charge >= 0.3 is 0 Å². The van der Waals surface area contributed by atoms with Gasteiger partial charge in [-0.05, 0) is 62.9 Å². The molecule has 0 spiro atoms. The predicted molar refractivity (Wildman–Crippen MR) is 125 cm³/mol. The quantitative estimate of drug-likeness (QED) is 0.571.